The molecule has 0 bridgehead atoms. The highest BCUT2D eigenvalue weighted by Crippen LogP contribution is 2.20. The van der Waals surface area contributed by atoms with Gasteiger partial charge in [0.1, 0.15) is 0 Å². The third-order valence-electron chi connectivity index (χ3n) is 3.57. The molecule has 0 N–H and O–H groups in total. The number of amides is 1. The lowest BCUT2D eigenvalue weighted by Crippen LogP contribution is -2.48. The summed E-state index contributed by atoms with van der Waals surface area (Å²) in [7, 11) is 0. The van der Waals surface area contributed by atoms with E-state index in [0.29, 0.717) is 24.8 Å². The summed E-state index contributed by atoms with van der Waals surface area (Å²) in [4.78, 5) is 16.5. The molecule has 1 amide bonds. The second-order valence-corrected chi connectivity index (χ2v) is 5.56. The zero-order chi connectivity index (χ0) is 13.0. The number of morpholine rings is 1. The monoisotopic (exact) mass is 272 g/mol. The molecule has 2 heterocycles. The minimum atomic E-state index is 0.118. The molecule has 2 aliphatic rings. The van der Waals surface area contributed by atoms with Crippen LogP contribution in [0.15, 0.2) is 11.6 Å². The van der Waals surface area contributed by atoms with Crippen LogP contribution in [0.2, 0.25) is 0 Å². The average molecular weight is 273 g/mol. The van der Waals surface area contributed by atoms with Crippen LogP contribution in [0.4, 0.5) is 0 Å². The first kappa shape index (κ1) is 13.8. The van der Waals surface area contributed by atoms with Crippen molar-refractivity contribution in [1.29, 1.82) is 0 Å². The number of halogens is 1. The number of ether oxygens (including phenoxy) is 1. The van der Waals surface area contributed by atoms with E-state index in [9.17, 15) is 4.79 Å². The lowest BCUT2D eigenvalue weighted by molar-refractivity contribution is -0.141. The maximum Gasteiger partial charge on any atom is 0.227 e. The molecule has 1 unspecified atom stereocenters. The Morgan fingerprint density at radius 2 is 2.06 bits per heavy atom. The van der Waals surface area contributed by atoms with Crippen molar-refractivity contribution in [2.75, 3.05) is 45.9 Å². The van der Waals surface area contributed by atoms with Gasteiger partial charge in [-0.2, -0.15) is 0 Å². The molecule has 2 rings (SSSR count). The van der Waals surface area contributed by atoms with Crippen LogP contribution in [0.3, 0.4) is 0 Å². The number of hydrogen-bond acceptors (Lipinski definition) is 3. The van der Waals surface area contributed by atoms with E-state index in [1.165, 1.54) is 0 Å². The molecule has 4 nitrogen and oxygen atoms in total. The van der Waals surface area contributed by atoms with Crippen molar-refractivity contribution in [2.24, 2.45) is 5.92 Å². The highest BCUT2D eigenvalue weighted by Gasteiger charge is 2.29. The molecule has 5 heteroatoms. The first-order chi connectivity index (χ1) is 8.66. The summed E-state index contributed by atoms with van der Waals surface area (Å²) in [6.07, 6.45) is 2.05. The zero-order valence-corrected chi connectivity index (χ0v) is 11.5. The number of rotatable bonds is 3. The summed E-state index contributed by atoms with van der Waals surface area (Å²) in [5.74, 6) is 0.399. The van der Waals surface area contributed by atoms with E-state index in [-0.39, 0.29) is 11.8 Å². The molecular weight excluding hydrogens is 252 g/mol. The molecular formula is C13H21ClN2O2. The Bertz CT molecular complexity index is 316. The second kappa shape index (κ2) is 6.55. The van der Waals surface area contributed by atoms with Gasteiger partial charge < -0.3 is 9.64 Å². The van der Waals surface area contributed by atoms with E-state index in [2.05, 4.69) is 11.5 Å². The summed E-state index contributed by atoms with van der Waals surface area (Å²) in [5.41, 5.74) is 0. The fourth-order valence-electron chi connectivity index (χ4n) is 2.69. The van der Waals surface area contributed by atoms with Crippen molar-refractivity contribution >= 4 is 17.5 Å². The van der Waals surface area contributed by atoms with Gasteiger partial charge in [-0.1, -0.05) is 18.2 Å². The molecule has 0 aromatic rings. The SMILES string of the molecule is C=C(Cl)CN1CCCC(C(=O)N2CCOCC2)C1. The van der Waals surface area contributed by atoms with Crippen molar-refractivity contribution in [2.45, 2.75) is 12.8 Å². The maximum absolute atomic E-state index is 12.4. The Hall–Kier alpha value is -0.580. The standard InChI is InChI=1S/C13H21ClN2O2/c1-11(14)9-15-4-2-3-12(10-15)13(17)16-5-7-18-8-6-16/h12H,1-10H2. The lowest BCUT2D eigenvalue weighted by Gasteiger charge is -2.36. The average Bonchev–Trinajstić information content (AvgIpc) is 2.38. The van der Waals surface area contributed by atoms with Crippen LogP contribution in [-0.4, -0.2) is 61.6 Å². The van der Waals surface area contributed by atoms with Crippen molar-refractivity contribution in [3.05, 3.63) is 11.6 Å². The summed E-state index contributed by atoms with van der Waals surface area (Å²) in [6.45, 7) is 9.03. The van der Waals surface area contributed by atoms with Gasteiger partial charge in [-0.05, 0) is 19.4 Å². The highest BCUT2D eigenvalue weighted by atomic mass is 35.5. The van der Waals surface area contributed by atoms with E-state index < -0.39 is 0 Å². The number of carbonyl (C=O) groups is 1. The number of nitrogens with zero attached hydrogens (tertiary/aromatic N) is 2. The van der Waals surface area contributed by atoms with Crippen molar-refractivity contribution in [1.82, 2.24) is 9.80 Å². The molecule has 0 spiro atoms. The molecule has 2 aliphatic heterocycles. The van der Waals surface area contributed by atoms with Gasteiger partial charge in [0.25, 0.3) is 0 Å². The fraction of sp³-hybridized carbons (Fsp3) is 0.769. The molecule has 2 saturated heterocycles. The molecule has 18 heavy (non-hydrogen) atoms. The minimum Gasteiger partial charge on any atom is -0.378 e. The molecule has 0 aromatic heterocycles. The largest absolute Gasteiger partial charge is 0.378 e. The highest BCUT2D eigenvalue weighted by molar-refractivity contribution is 6.29. The Morgan fingerprint density at radius 3 is 2.72 bits per heavy atom. The molecule has 1 atom stereocenters. The number of hydrogen-bond donors (Lipinski definition) is 0. The Kier molecular flexibility index (Phi) is 5.03. The van der Waals surface area contributed by atoms with E-state index in [1.807, 2.05) is 4.90 Å². The molecule has 0 aliphatic carbocycles. The van der Waals surface area contributed by atoms with Crippen molar-refractivity contribution in [3.8, 4) is 0 Å². The van der Waals surface area contributed by atoms with Crippen LogP contribution < -0.4 is 0 Å². The number of piperidine rings is 1. The van der Waals surface area contributed by atoms with Gasteiger partial charge in [0.05, 0.1) is 19.1 Å². The summed E-state index contributed by atoms with van der Waals surface area (Å²) in [5, 5.41) is 0.648. The Morgan fingerprint density at radius 1 is 1.33 bits per heavy atom. The third-order valence-corrected chi connectivity index (χ3v) is 3.69. The van der Waals surface area contributed by atoms with Gasteiger partial charge in [0.2, 0.25) is 5.91 Å². The number of carbonyl (C=O) groups excluding carboxylic acids is 1. The maximum atomic E-state index is 12.4. The van der Waals surface area contributed by atoms with E-state index in [1.54, 1.807) is 0 Å². The summed E-state index contributed by atoms with van der Waals surface area (Å²) >= 11 is 5.84. The smallest absolute Gasteiger partial charge is 0.227 e. The Labute approximate surface area is 114 Å². The first-order valence-electron chi connectivity index (χ1n) is 6.59. The van der Waals surface area contributed by atoms with Crippen molar-refractivity contribution < 1.29 is 9.53 Å². The van der Waals surface area contributed by atoms with Crippen LogP contribution in [0.25, 0.3) is 0 Å². The van der Waals surface area contributed by atoms with Gasteiger partial charge in [-0.3, -0.25) is 9.69 Å². The molecule has 0 saturated carbocycles. The summed E-state index contributed by atoms with van der Waals surface area (Å²) in [6, 6.07) is 0. The Balaban J connectivity index is 1.87. The van der Waals surface area contributed by atoms with Gasteiger partial charge in [-0.25, -0.2) is 0 Å². The van der Waals surface area contributed by atoms with Gasteiger partial charge in [-0.15, -0.1) is 0 Å². The molecule has 0 radical (unpaired) electrons. The number of likely N-dealkylation sites (tertiary alicyclic amines) is 1. The van der Waals surface area contributed by atoms with Gasteiger partial charge in [0, 0.05) is 31.2 Å². The zero-order valence-electron chi connectivity index (χ0n) is 10.7. The topological polar surface area (TPSA) is 32.8 Å². The van der Waals surface area contributed by atoms with Crippen molar-refractivity contribution in [3.63, 3.8) is 0 Å². The predicted octanol–water partition coefficient (Wildman–Crippen LogP) is 1.31. The summed E-state index contributed by atoms with van der Waals surface area (Å²) < 4.78 is 5.28. The van der Waals surface area contributed by atoms with Crippen LogP contribution in [0.5, 0.6) is 0 Å². The fourth-order valence-corrected chi connectivity index (χ4v) is 2.85. The molecule has 2 fully saturated rings. The van der Waals surface area contributed by atoms with E-state index in [4.69, 9.17) is 16.3 Å². The minimum absolute atomic E-state index is 0.118. The second-order valence-electron chi connectivity index (χ2n) is 5.03. The lowest BCUT2D eigenvalue weighted by atomic mass is 9.96. The van der Waals surface area contributed by atoms with E-state index in [0.717, 1.165) is 39.0 Å². The normalized spacial score (nSPS) is 26.1. The van der Waals surface area contributed by atoms with Gasteiger partial charge >= 0.3 is 0 Å². The molecule has 0 aromatic carbocycles. The van der Waals surface area contributed by atoms with Gasteiger partial charge in [0.15, 0.2) is 0 Å². The quantitative estimate of drug-likeness (QED) is 0.777. The van der Waals surface area contributed by atoms with E-state index >= 15 is 0 Å². The van der Waals surface area contributed by atoms with Crippen LogP contribution in [0, 0.1) is 5.92 Å². The van der Waals surface area contributed by atoms with Crippen LogP contribution in [-0.2, 0) is 9.53 Å². The predicted molar refractivity (Wildman–Crippen MR) is 71.6 cm³/mol. The van der Waals surface area contributed by atoms with Crippen LogP contribution >= 0.6 is 11.6 Å². The first-order valence-corrected chi connectivity index (χ1v) is 6.97. The third kappa shape index (κ3) is 3.70. The van der Waals surface area contributed by atoms with Crippen LogP contribution in [0.1, 0.15) is 12.8 Å². The molecule has 102 valence electrons.